The molecule has 10 nitrogen and oxygen atoms in total. The minimum atomic E-state index is -1.36. The fourth-order valence-corrected chi connectivity index (χ4v) is 3.38. The number of unbranched alkanes of at least 4 members (excludes halogenated alkanes) is 5. The molecule has 0 saturated carbocycles. The Bertz CT molecular complexity index is 797. The summed E-state index contributed by atoms with van der Waals surface area (Å²) in [6.45, 7) is 2.68. The maximum absolute atomic E-state index is 12.4. The number of aliphatic hydroxyl groups is 2. The molecule has 0 bridgehead atoms. The molecule has 1 saturated heterocycles. The zero-order chi connectivity index (χ0) is 20.1. The third-order valence-corrected chi connectivity index (χ3v) is 4.99. The Kier molecular flexibility index (Phi) is 6.76. The topological polar surface area (TPSA) is 148 Å². The number of imidazole rings is 1. The van der Waals surface area contributed by atoms with Gasteiger partial charge in [-0.3, -0.25) is 9.36 Å². The number of amides is 1. The average molecular weight is 392 g/mol. The Balaban J connectivity index is 1.57. The Hall–Kier alpha value is -2.30. The Morgan fingerprint density at radius 3 is 2.71 bits per heavy atom. The first-order valence-electron chi connectivity index (χ1n) is 9.77. The van der Waals surface area contributed by atoms with Crippen LogP contribution in [0.3, 0.4) is 0 Å². The van der Waals surface area contributed by atoms with Gasteiger partial charge >= 0.3 is 0 Å². The zero-order valence-electron chi connectivity index (χ0n) is 16.0. The first-order chi connectivity index (χ1) is 13.5. The van der Waals surface area contributed by atoms with E-state index in [2.05, 4.69) is 27.2 Å². The molecule has 3 heterocycles. The highest BCUT2D eigenvalue weighted by molar-refractivity contribution is 5.82. The van der Waals surface area contributed by atoms with E-state index in [9.17, 15) is 15.0 Å². The molecule has 0 aromatic carbocycles. The molecule has 5 N–H and O–H groups in total. The minimum absolute atomic E-state index is 0.199. The molecule has 0 radical (unpaired) electrons. The molecule has 1 amide bonds. The standard InChI is InChI=1S/C18H28N6O4/c1-2-3-4-5-6-7-8-20-17(27)14-12(25)13(26)18(28-14)24-10-23-11-15(19)21-9-22-16(11)24/h9-10,12-14,18,25-26H,2-8H2,1H3,(H,20,27)(H2,19,21,22). The zero-order valence-corrected chi connectivity index (χ0v) is 16.0. The molecular formula is C18H28N6O4. The van der Waals surface area contributed by atoms with Crippen LogP contribution in [0.5, 0.6) is 0 Å². The van der Waals surface area contributed by atoms with Gasteiger partial charge in [0.2, 0.25) is 0 Å². The Labute approximate surface area is 163 Å². The number of nitrogens with two attached hydrogens (primary N) is 1. The summed E-state index contributed by atoms with van der Waals surface area (Å²) in [7, 11) is 0. The number of rotatable bonds is 9. The number of fused-ring (bicyclic) bond motifs is 1. The largest absolute Gasteiger partial charge is 0.387 e. The highest BCUT2D eigenvalue weighted by Crippen LogP contribution is 2.32. The van der Waals surface area contributed by atoms with Crippen molar-refractivity contribution in [3.05, 3.63) is 12.7 Å². The van der Waals surface area contributed by atoms with Crippen molar-refractivity contribution in [2.75, 3.05) is 12.3 Å². The summed E-state index contributed by atoms with van der Waals surface area (Å²) in [4.78, 5) is 24.5. The van der Waals surface area contributed by atoms with E-state index in [4.69, 9.17) is 10.5 Å². The van der Waals surface area contributed by atoms with Gasteiger partial charge in [0.1, 0.15) is 24.1 Å². The highest BCUT2D eigenvalue weighted by atomic mass is 16.6. The summed E-state index contributed by atoms with van der Waals surface area (Å²) in [5.74, 6) is -0.244. The number of aromatic nitrogens is 4. The van der Waals surface area contributed by atoms with Gasteiger partial charge in [-0.25, -0.2) is 15.0 Å². The smallest absolute Gasteiger partial charge is 0.252 e. The van der Waals surface area contributed by atoms with Crippen LogP contribution in [0, 0.1) is 0 Å². The van der Waals surface area contributed by atoms with Crippen LogP contribution in [0.2, 0.25) is 0 Å². The van der Waals surface area contributed by atoms with Crippen LogP contribution in [-0.2, 0) is 9.53 Å². The van der Waals surface area contributed by atoms with Crippen LogP contribution in [0.15, 0.2) is 12.7 Å². The van der Waals surface area contributed by atoms with E-state index in [1.54, 1.807) is 0 Å². The number of carbonyl (C=O) groups excluding carboxylic acids is 1. The van der Waals surface area contributed by atoms with Gasteiger partial charge in [-0.2, -0.15) is 0 Å². The maximum atomic E-state index is 12.4. The molecule has 1 aliphatic heterocycles. The molecule has 4 unspecified atom stereocenters. The molecular weight excluding hydrogens is 364 g/mol. The van der Waals surface area contributed by atoms with E-state index in [0.29, 0.717) is 17.7 Å². The Morgan fingerprint density at radius 2 is 1.93 bits per heavy atom. The van der Waals surface area contributed by atoms with Gasteiger partial charge in [0.05, 0.1) is 6.33 Å². The van der Waals surface area contributed by atoms with Gasteiger partial charge in [0.25, 0.3) is 5.91 Å². The number of nitrogens with one attached hydrogen (secondary N) is 1. The second-order valence-corrected chi connectivity index (χ2v) is 7.07. The quantitative estimate of drug-likeness (QED) is 0.451. The number of hydrogen-bond acceptors (Lipinski definition) is 8. The molecule has 1 fully saturated rings. The molecule has 10 heteroatoms. The maximum Gasteiger partial charge on any atom is 0.252 e. The van der Waals surface area contributed by atoms with Crippen LogP contribution in [0.4, 0.5) is 5.82 Å². The van der Waals surface area contributed by atoms with Crippen molar-refractivity contribution in [3.63, 3.8) is 0 Å². The normalized spacial score (nSPS) is 24.7. The predicted molar refractivity (Wildman–Crippen MR) is 102 cm³/mol. The number of ether oxygens (including phenoxy) is 1. The summed E-state index contributed by atoms with van der Waals surface area (Å²) in [6.07, 6.45) is 4.52. The van der Waals surface area contributed by atoms with Crippen LogP contribution in [0.1, 0.15) is 51.7 Å². The first-order valence-corrected chi connectivity index (χ1v) is 9.77. The highest BCUT2D eigenvalue weighted by Gasteiger charge is 2.47. The van der Waals surface area contributed by atoms with Crippen molar-refractivity contribution < 1.29 is 19.7 Å². The van der Waals surface area contributed by atoms with Crippen LogP contribution < -0.4 is 11.1 Å². The second kappa shape index (κ2) is 9.26. The van der Waals surface area contributed by atoms with E-state index in [0.717, 1.165) is 19.3 Å². The van der Waals surface area contributed by atoms with Crippen LogP contribution in [0.25, 0.3) is 11.2 Å². The van der Waals surface area contributed by atoms with Crippen LogP contribution >= 0.6 is 0 Å². The first kappa shape index (κ1) is 20.4. The lowest BCUT2D eigenvalue weighted by atomic mass is 10.1. The fourth-order valence-electron chi connectivity index (χ4n) is 3.38. The number of carbonyl (C=O) groups is 1. The monoisotopic (exact) mass is 392 g/mol. The fraction of sp³-hybridized carbons (Fsp3) is 0.667. The summed E-state index contributed by atoms with van der Waals surface area (Å²) >= 11 is 0. The van der Waals surface area contributed by atoms with Crippen molar-refractivity contribution in [1.82, 2.24) is 24.8 Å². The van der Waals surface area contributed by atoms with Crippen molar-refractivity contribution >= 4 is 22.9 Å². The second-order valence-electron chi connectivity index (χ2n) is 7.07. The summed E-state index contributed by atoms with van der Waals surface area (Å²) in [5.41, 5.74) is 6.49. The predicted octanol–water partition coefficient (Wildman–Crippen LogP) is 0.504. The van der Waals surface area contributed by atoms with Gasteiger partial charge in [-0.05, 0) is 6.42 Å². The molecule has 1 aliphatic rings. The average Bonchev–Trinajstić information content (AvgIpc) is 3.24. The molecule has 154 valence electrons. The van der Waals surface area contributed by atoms with E-state index >= 15 is 0 Å². The number of nitrogen functional groups attached to an aromatic ring is 1. The number of anilines is 1. The minimum Gasteiger partial charge on any atom is -0.387 e. The van der Waals surface area contributed by atoms with E-state index in [1.807, 2.05) is 0 Å². The SMILES string of the molecule is CCCCCCCCNC(=O)C1OC(n2cnc3c(N)ncnc32)C(O)C1O. The molecule has 3 rings (SSSR count). The third-order valence-electron chi connectivity index (χ3n) is 4.99. The Morgan fingerprint density at radius 1 is 1.18 bits per heavy atom. The van der Waals surface area contributed by atoms with Crippen molar-refractivity contribution in [1.29, 1.82) is 0 Å². The van der Waals surface area contributed by atoms with Gasteiger partial charge in [0.15, 0.2) is 23.8 Å². The number of aliphatic hydroxyl groups excluding tert-OH is 2. The summed E-state index contributed by atoms with van der Waals surface area (Å²) < 4.78 is 7.11. The molecule has 0 spiro atoms. The molecule has 2 aromatic heterocycles. The lowest BCUT2D eigenvalue weighted by Gasteiger charge is -2.16. The van der Waals surface area contributed by atoms with Gasteiger partial charge in [-0.1, -0.05) is 39.0 Å². The van der Waals surface area contributed by atoms with E-state index in [-0.39, 0.29) is 5.82 Å². The molecule has 28 heavy (non-hydrogen) atoms. The lowest BCUT2D eigenvalue weighted by molar-refractivity contribution is -0.137. The van der Waals surface area contributed by atoms with Crippen molar-refractivity contribution in [2.24, 2.45) is 0 Å². The van der Waals surface area contributed by atoms with Crippen molar-refractivity contribution in [2.45, 2.75) is 70.0 Å². The summed E-state index contributed by atoms with van der Waals surface area (Å²) in [5, 5.41) is 23.5. The molecule has 0 aliphatic carbocycles. The number of nitrogens with zero attached hydrogens (tertiary/aromatic N) is 4. The third kappa shape index (κ3) is 4.23. The van der Waals surface area contributed by atoms with Gasteiger partial charge in [-0.15, -0.1) is 0 Å². The van der Waals surface area contributed by atoms with Crippen LogP contribution in [-0.4, -0.2) is 60.5 Å². The molecule has 4 atom stereocenters. The molecule has 2 aromatic rings. The van der Waals surface area contributed by atoms with Gasteiger partial charge in [0, 0.05) is 6.54 Å². The number of hydrogen-bond donors (Lipinski definition) is 4. The summed E-state index contributed by atoms with van der Waals surface area (Å²) in [6, 6.07) is 0. The van der Waals surface area contributed by atoms with Gasteiger partial charge < -0.3 is 26.0 Å². The van der Waals surface area contributed by atoms with Crippen molar-refractivity contribution in [3.8, 4) is 0 Å². The van der Waals surface area contributed by atoms with E-state index < -0.39 is 30.4 Å². The van der Waals surface area contributed by atoms with E-state index in [1.165, 1.54) is 36.5 Å². The lowest BCUT2D eigenvalue weighted by Crippen LogP contribution is -2.43.